The van der Waals surface area contributed by atoms with Crippen LogP contribution in [0.3, 0.4) is 0 Å². The van der Waals surface area contributed by atoms with E-state index < -0.39 is 12.0 Å². The maximum absolute atomic E-state index is 9.53. The molecule has 0 spiro atoms. The molecule has 1 nitrogen and oxygen atoms in total. The molecule has 0 amide bonds. The summed E-state index contributed by atoms with van der Waals surface area (Å²) >= 11 is 0. The van der Waals surface area contributed by atoms with Crippen LogP contribution in [0.15, 0.2) is 0 Å². The lowest BCUT2D eigenvalue weighted by Gasteiger charge is -2.28. The van der Waals surface area contributed by atoms with Crippen LogP contribution in [0.1, 0.15) is 36.0 Å². The summed E-state index contributed by atoms with van der Waals surface area (Å²) in [6.07, 6.45) is -0.569. The first-order valence-corrected chi connectivity index (χ1v) is 3.34. The van der Waals surface area contributed by atoms with Gasteiger partial charge in [-0.25, -0.2) is 0 Å². The minimum Gasteiger partial charge on any atom is -0.392 e. The zero-order valence-corrected chi connectivity index (χ0v) is 7.02. The van der Waals surface area contributed by atoms with Crippen molar-refractivity contribution in [2.45, 2.75) is 40.7 Å². The fourth-order valence-corrected chi connectivity index (χ4v) is 0.866. The number of rotatable bonds is 1. The predicted molar refractivity (Wildman–Crippen MR) is 40.3 cm³/mol. The van der Waals surface area contributed by atoms with E-state index in [1.54, 1.807) is 13.8 Å². The summed E-state index contributed by atoms with van der Waals surface area (Å²) in [5, 5.41) is 9.53. The van der Waals surface area contributed by atoms with E-state index in [0.29, 0.717) is 0 Å². The minimum atomic E-state index is -0.752. The second-order valence-corrected chi connectivity index (χ2v) is 3.85. The van der Waals surface area contributed by atoms with Gasteiger partial charge < -0.3 is 5.11 Å². The Hall–Kier alpha value is -0.0400. The molecule has 0 bridgehead atoms. The second-order valence-electron chi connectivity index (χ2n) is 3.85. The molecule has 0 aliphatic heterocycles. The van der Waals surface area contributed by atoms with E-state index >= 15 is 0 Å². The zero-order valence-electron chi connectivity index (χ0n) is 8.02. The van der Waals surface area contributed by atoms with Gasteiger partial charge in [-0.05, 0) is 11.3 Å². The highest BCUT2D eigenvalue weighted by Crippen LogP contribution is 2.24. The Balaban J connectivity index is 4.23. The van der Waals surface area contributed by atoms with Gasteiger partial charge >= 0.3 is 0 Å². The van der Waals surface area contributed by atoms with Gasteiger partial charge in [0.1, 0.15) is 0 Å². The molecule has 0 heterocycles. The summed E-state index contributed by atoms with van der Waals surface area (Å²) in [5.41, 5.74) is -0.189. The van der Waals surface area contributed by atoms with E-state index in [9.17, 15) is 5.11 Å². The van der Waals surface area contributed by atoms with E-state index in [0.717, 1.165) is 0 Å². The molecule has 0 aliphatic carbocycles. The van der Waals surface area contributed by atoms with Crippen LogP contribution < -0.4 is 0 Å². The maximum Gasteiger partial charge on any atom is 0.0611 e. The first-order chi connectivity index (χ1) is 4.15. The Morgan fingerprint density at radius 2 is 1.67 bits per heavy atom. The average Bonchev–Trinajstić information content (AvgIpc) is 1.59. The number of aliphatic hydroxyl groups excluding tert-OH is 1. The van der Waals surface area contributed by atoms with Crippen molar-refractivity contribution >= 4 is 0 Å². The number of hydrogen-bond donors (Lipinski definition) is 1. The van der Waals surface area contributed by atoms with Crippen LogP contribution >= 0.6 is 0 Å². The topological polar surface area (TPSA) is 20.2 Å². The third-order valence-corrected chi connectivity index (χ3v) is 1.37. The molecule has 0 radical (unpaired) electrons. The fourth-order valence-electron chi connectivity index (χ4n) is 0.866. The summed E-state index contributed by atoms with van der Waals surface area (Å²) in [6.45, 7) is 9.27. The van der Waals surface area contributed by atoms with Crippen molar-refractivity contribution in [2.24, 2.45) is 11.3 Å². The molecule has 0 aliphatic rings. The summed E-state index contributed by atoms with van der Waals surface area (Å²) in [5.74, 6) is -0.752. The molecule has 9 heavy (non-hydrogen) atoms. The Kier molecular flexibility index (Phi) is 2.12. The van der Waals surface area contributed by atoms with Crippen molar-refractivity contribution in [3.05, 3.63) is 0 Å². The smallest absolute Gasteiger partial charge is 0.0611 e. The van der Waals surface area contributed by atoms with Gasteiger partial charge in [0.25, 0.3) is 0 Å². The van der Waals surface area contributed by atoms with Gasteiger partial charge in [-0.2, -0.15) is 0 Å². The quantitative estimate of drug-likeness (QED) is 0.577. The summed E-state index contributed by atoms with van der Waals surface area (Å²) in [4.78, 5) is 0. The van der Waals surface area contributed by atoms with E-state index in [1.807, 2.05) is 20.8 Å². The molecule has 0 rings (SSSR count). The molecule has 0 aromatic heterocycles. The second kappa shape index (κ2) is 2.70. The Morgan fingerprint density at radius 3 is 1.67 bits per heavy atom. The van der Waals surface area contributed by atoms with Crippen LogP contribution in [0, 0.1) is 11.3 Å². The molecule has 1 heteroatoms. The lowest BCUT2D eigenvalue weighted by atomic mass is 9.83. The molecular weight excluding hydrogens is 112 g/mol. The van der Waals surface area contributed by atoms with Crippen molar-refractivity contribution in [3.63, 3.8) is 0 Å². The molecule has 0 aromatic rings. The molecule has 1 unspecified atom stereocenters. The van der Waals surface area contributed by atoms with Crippen LogP contribution in [-0.2, 0) is 0 Å². The predicted octanol–water partition coefficient (Wildman–Crippen LogP) is 2.05. The van der Waals surface area contributed by atoms with Crippen molar-refractivity contribution in [3.8, 4) is 0 Å². The first kappa shape index (κ1) is 7.07. The monoisotopic (exact) mass is 131 g/mol. The molecule has 0 fully saturated rings. The van der Waals surface area contributed by atoms with Crippen molar-refractivity contribution in [1.82, 2.24) is 0 Å². The van der Waals surface area contributed by atoms with Gasteiger partial charge in [0.15, 0.2) is 0 Å². The number of aliphatic hydroxyl groups is 1. The maximum atomic E-state index is 9.53. The third kappa shape index (κ3) is 2.85. The molecule has 0 saturated carbocycles. The minimum absolute atomic E-state index is 0.189. The van der Waals surface area contributed by atoms with Gasteiger partial charge in [0.05, 0.1) is 6.10 Å². The van der Waals surface area contributed by atoms with Gasteiger partial charge in [-0.3, -0.25) is 0 Å². The summed E-state index contributed by atoms with van der Waals surface area (Å²) < 4.78 is 7.54. The lowest BCUT2D eigenvalue weighted by Crippen LogP contribution is -2.30. The largest absolute Gasteiger partial charge is 0.392 e. The Bertz CT molecular complexity index is 93.4. The Labute approximate surface area is 59.5 Å². The van der Waals surface area contributed by atoms with Gasteiger partial charge in [-0.1, -0.05) is 34.6 Å². The van der Waals surface area contributed by atoms with Crippen molar-refractivity contribution in [1.29, 1.82) is 0 Å². The first-order valence-electron chi connectivity index (χ1n) is 3.84. The molecular formula is C8H18O. The summed E-state index contributed by atoms with van der Waals surface area (Å²) in [7, 11) is 0. The van der Waals surface area contributed by atoms with E-state index in [1.165, 1.54) is 0 Å². The van der Waals surface area contributed by atoms with Crippen LogP contribution in [0.4, 0.5) is 0 Å². The molecule has 56 valence electrons. The van der Waals surface area contributed by atoms with Crippen molar-refractivity contribution in [2.75, 3.05) is 0 Å². The van der Waals surface area contributed by atoms with Crippen molar-refractivity contribution < 1.29 is 6.48 Å². The van der Waals surface area contributed by atoms with Gasteiger partial charge in [-0.15, -0.1) is 0 Å². The van der Waals surface area contributed by atoms with E-state index in [2.05, 4.69) is 0 Å². The highest BCUT2D eigenvalue weighted by Gasteiger charge is 2.24. The van der Waals surface area contributed by atoms with E-state index in [-0.39, 0.29) is 5.41 Å². The molecule has 1 N–H and O–H groups in total. The van der Waals surface area contributed by atoms with Gasteiger partial charge in [0.2, 0.25) is 0 Å². The highest BCUT2D eigenvalue weighted by molar-refractivity contribution is 4.74. The Morgan fingerprint density at radius 1 is 1.33 bits per heavy atom. The normalized spacial score (nSPS) is 19.1. The molecule has 1 atom stereocenters. The SMILES string of the molecule is [2H]C(C)(C)C(O)C(C)(C)C. The molecule has 0 aromatic carbocycles. The lowest BCUT2D eigenvalue weighted by molar-refractivity contribution is 0.0245. The summed E-state index contributed by atoms with van der Waals surface area (Å²) in [6, 6.07) is 0. The van der Waals surface area contributed by atoms with Crippen LogP contribution in [0.25, 0.3) is 0 Å². The third-order valence-electron chi connectivity index (χ3n) is 1.37. The number of hydrogen-bond acceptors (Lipinski definition) is 1. The van der Waals surface area contributed by atoms with E-state index in [4.69, 9.17) is 1.37 Å². The molecule has 0 saturated heterocycles. The highest BCUT2D eigenvalue weighted by atomic mass is 16.3. The zero-order chi connectivity index (χ0) is 8.58. The van der Waals surface area contributed by atoms with Crippen LogP contribution in [0.2, 0.25) is 0 Å². The average molecular weight is 131 g/mol. The van der Waals surface area contributed by atoms with Crippen LogP contribution in [0.5, 0.6) is 0 Å². The fraction of sp³-hybridized carbons (Fsp3) is 1.00. The van der Waals surface area contributed by atoms with Crippen LogP contribution in [-0.4, -0.2) is 11.2 Å². The standard InChI is InChI=1S/C8H18O/c1-6(2)7(9)8(3,4)5/h6-7,9H,1-5H3/i6D. The van der Waals surface area contributed by atoms with Gasteiger partial charge in [0, 0.05) is 1.37 Å².